The number of hydrogen-bond donors (Lipinski definition) is 4. The SMILES string of the molecule is CCCOCC(=O)Nc1ccc(SN2C=C(Nc3cc(C)[nH]n3)[NH+]3C=CN=C3C2)cc1. The first-order valence-electron chi connectivity index (χ1n) is 10.1. The molecule has 1 unspecified atom stereocenters. The van der Waals surface area contributed by atoms with Gasteiger partial charge in [-0.15, -0.1) is 0 Å². The van der Waals surface area contributed by atoms with Gasteiger partial charge in [-0.25, -0.2) is 9.89 Å². The molecule has 2 aromatic rings. The van der Waals surface area contributed by atoms with Gasteiger partial charge in [-0.05, 0) is 49.6 Å². The van der Waals surface area contributed by atoms with Crippen molar-refractivity contribution in [2.45, 2.75) is 25.2 Å². The van der Waals surface area contributed by atoms with E-state index in [0.717, 1.165) is 45.1 Å². The van der Waals surface area contributed by atoms with Crippen LogP contribution in [0.3, 0.4) is 0 Å². The largest absolute Gasteiger partial charge is 0.372 e. The van der Waals surface area contributed by atoms with Gasteiger partial charge in [0.25, 0.3) is 0 Å². The maximum atomic E-state index is 11.9. The fraction of sp³-hybridized carbons (Fsp3) is 0.286. The quantitative estimate of drug-likeness (QED) is 0.352. The Labute approximate surface area is 185 Å². The number of benzene rings is 1. The van der Waals surface area contributed by atoms with Crippen LogP contribution in [-0.2, 0) is 9.53 Å². The van der Waals surface area contributed by atoms with E-state index in [0.29, 0.717) is 13.2 Å². The Morgan fingerprint density at radius 1 is 1.35 bits per heavy atom. The van der Waals surface area contributed by atoms with Crippen LogP contribution in [0.4, 0.5) is 11.5 Å². The number of anilines is 2. The van der Waals surface area contributed by atoms with Gasteiger partial charge in [0.1, 0.15) is 19.4 Å². The van der Waals surface area contributed by atoms with Gasteiger partial charge in [-0.1, -0.05) is 6.92 Å². The number of H-pyrrole nitrogens is 1. The van der Waals surface area contributed by atoms with Crippen molar-refractivity contribution >= 4 is 35.2 Å². The van der Waals surface area contributed by atoms with Gasteiger partial charge in [-0.2, -0.15) is 5.10 Å². The van der Waals surface area contributed by atoms with Crippen LogP contribution in [0.1, 0.15) is 19.0 Å². The number of aromatic amines is 1. The number of aryl methyl sites for hydroxylation is 1. The second-order valence-corrected chi connectivity index (χ2v) is 8.32. The minimum atomic E-state index is -0.146. The van der Waals surface area contributed by atoms with Gasteiger partial charge in [0.05, 0.1) is 12.4 Å². The Morgan fingerprint density at radius 3 is 2.94 bits per heavy atom. The van der Waals surface area contributed by atoms with Crippen LogP contribution < -0.4 is 15.5 Å². The highest BCUT2D eigenvalue weighted by atomic mass is 32.2. The van der Waals surface area contributed by atoms with Crippen molar-refractivity contribution in [3.05, 3.63) is 60.4 Å². The molecule has 0 saturated carbocycles. The predicted molar refractivity (Wildman–Crippen MR) is 121 cm³/mol. The summed E-state index contributed by atoms with van der Waals surface area (Å²) in [6.45, 7) is 5.34. The zero-order valence-corrected chi connectivity index (χ0v) is 18.3. The summed E-state index contributed by atoms with van der Waals surface area (Å²) in [6, 6.07) is 9.72. The summed E-state index contributed by atoms with van der Waals surface area (Å²) in [5.41, 5.74) is 1.75. The lowest BCUT2D eigenvalue weighted by molar-refractivity contribution is -0.699. The molecule has 9 nitrogen and oxygen atoms in total. The number of rotatable bonds is 9. The predicted octanol–water partition coefficient (Wildman–Crippen LogP) is 2.09. The van der Waals surface area contributed by atoms with Crippen LogP contribution in [0.5, 0.6) is 0 Å². The van der Waals surface area contributed by atoms with Gasteiger partial charge in [-0.3, -0.25) is 19.5 Å². The Balaban J connectivity index is 1.39. The van der Waals surface area contributed by atoms with Gasteiger partial charge in [0, 0.05) is 29.0 Å². The zero-order chi connectivity index (χ0) is 21.6. The van der Waals surface area contributed by atoms with E-state index >= 15 is 0 Å². The molecule has 10 heteroatoms. The molecule has 4 rings (SSSR count). The standard InChI is InChI=1S/C21H25N7O2S/c1-3-10-30-14-21(29)23-16-4-6-17(7-5-16)31-27-12-19-22-8-9-28(19)20(13-27)24-18-11-15(2)25-26-18/h4-9,11,13H,3,10,12,14H2,1-2H3,(H,23,29)(H2,24,25,26)/p+1. The van der Waals surface area contributed by atoms with Crippen LogP contribution in [0, 0.1) is 6.92 Å². The van der Waals surface area contributed by atoms with Crippen molar-refractivity contribution in [1.82, 2.24) is 14.5 Å². The Morgan fingerprint density at radius 2 is 2.19 bits per heavy atom. The number of amides is 1. The number of aliphatic imine (C=N–C) groups is 1. The molecule has 0 fully saturated rings. The molecular formula is C21H26N7O2S+. The van der Waals surface area contributed by atoms with Gasteiger partial charge >= 0.3 is 0 Å². The molecule has 4 N–H and O–H groups in total. The van der Waals surface area contributed by atoms with E-state index < -0.39 is 0 Å². The summed E-state index contributed by atoms with van der Waals surface area (Å²) >= 11 is 1.61. The van der Waals surface area contributed by atoms with Crippen molar-refractivity contribution in [3.63, 3.8) is 0 Å². The van der Waals surface area contributed by atoms with Crippen molar-refractivity contribution < 1.29 is 14.4 Å². The third-order valence-corrected chi connectivity index (χ3v) is 5.51. The molecule has 0 spiro atoms. The molecule has 0 aliphatic carbocycles. The summed E-state index contributed by atoms with van der Waals surface area (Å²) in [7, 11) is 0. The lowest BCUT2D eigenvalue weighted by Gasteiger charge is -2.27. The molecule has 3 heterocycles. The number of hydrogen-bond acceptors (Lipinski definition) is 7. The molecule has 1 amide bonds. The number of carbonyl (C=O) groups excluding carboxylic acids is 1. The summed E-state index contributed by atoms with van der Waals surface area (Å²) in [4.78, 5) is 18.5. The second-order valence-electron chi connectivity index (χ2n) is 7.20. The maximum Gasteiger partial charge on any atom is 0.250 e. The first kappa shape index (κ1) is 21.2. The third-order valence-electron chi connectivity index (χ3n) is 4.56. The number of nitrogens with one attached hydrogen (secondary N) is 4. The van der Waals surface area contributed by atoms with Crippen molar-refractivity contribution in [2.75, 3.05) is 30.4 Å². The van der Waals surface area contributed by atoms with E-state index in [9.17, 15) is 4.79 Å². The topological polar surface area (TPSA) is 99.1 Å². The van der Waals surface area contributed by atoms with E-state index in [-0.39, 0.29) is 12.5 Å². The fourth-order valence-electron chi connectivity index (χ4n) is 3.16. The van der Waals surface area contributed by atoms with Crippen molar-refractivity contribution in [1.29, 1.82) is 0 Å². The van der Waals surface area contributed by atoms with Gasteiger partial charge < -0.3 is 10.1 Å². The highest BCUT2D eigenvalue weighted by molar-refractivity contribution is 7.97. The molecule has 0 saturated heterocycles. The molecule has 0 radical (unpaired) electrons. The second kappa shape index (κ2) is 9.82. The molecule has 31 heavy (non-hydrogen) atoms. The first-order valence-corrected chi connectivity index (χ1v) is 10.9. The van der Waals surface area contributed by atoms with Gasteiger partial charge in [0.15, 0.2) is 5.82 Å². The number of ether oxygens (including phenoxy) is 1. The first-order chi connectivity index (χ1) is 15.1. The molecule has 1 aromatic heterocycles. The van der Waals surface area contributed by atoms with Crippen LogP contribution in [0.15, 0.2) is 64.6 Å². The summed E-state index contributed by atoms with van der Waals surface area (Å²) < 4.78 is 7.40. The Kier molecular flexibility index (Phi) is 6.70. The lowest BCUT2D eigenvalue weighted by atomic mass is 10.3. The van der Waals surface area contributed by atoms with E-state index in [1.807, 2.05) is 56.6 Å². The van der Waals surface area contributed by atoms with Crippen LogP contribution in [0.2, 0.25) is 0 Å². The highest BCUT2D eigenvalue weighted by Crippen LogP contribution is 2.26. The normalized spacial score (nSPS) is 17.2. The van der Waals surface area contributed by atoms with Crippen molar-refractivity contribution in [3.8, 4) is 0 Å². The monoisotopic (exact) mass is 440 g/mol. The van der Waals surface area contributed by atoms with Crippen LogP contribution in [-0.4, -0.2) is 46.0 Å². The molecule has 1 aromatic carbocycles. The third kappa shape index (κ3) is 5.54. The molecule has 2 aliphatic heterocycles. The Bertz CT molecular complexity index is 1010. The number of amidine groups is 1. The van der Waals surface area contributed by atoms with Crippen molar-refractivity contribution in [2.24, 2.45) is 4.99 Å². The minimum Gasteiger partial charge on any atom is -0.372 e. The number of quaternary nitrogens is 1. The smallest absolute Gasteiger partial charge is 0.250 e. The number of aromatic nitrogens is 2. The lowest BCUT2D eigenvalue weighted by Crippen LogP contribution is -3.10. The zero-order valence-electron chi connectivity index (χ0n) is 17.5. The Hall–Kier alpha value is -3.08. The molecule has 162 valence electrons. The summed E-state index contributed by atoms with van der Waals surface area (Å²) in [6.07, 6.45) is 6.80. The van der Waals surface area contributed by atoms with E-state index in [1.54, 1.807) is 11.9 Å². The number of nitrogens with zero attached hydrogens (tertiary/aromatic N) is 3. The average molecular weight is 441 g/mol. The minimum absolute atomic E-state index is 0.0726. The summed E-state index contributed by atoms with van der Waals surface area (Å²) in [5.74, 6) is 2.59. The molecular weight excluding hydrogens is 414 g/mol. The number of fused-ring (bicyclic) bond motifs is 1. The average Bonchev–Trinajstić information content (AvgIpc) is 3.38. The number of carbonyl (C=O) groups is 1. The van der Waals surface area contributed by atoms with Crippen LogP contribution in [0.25, 0.3) is 0 Å². The molecule has 2 aliphatic rings. The molecule has 1 atom stereocenters. The maximum absolute atomic E-state index is 11.9. The molecule has 0 bridgehead atoms. The fourth-order valence-corrected chi connectivity index (χ4v) is 4.04. The van der Waals surface area contributed by atoms with E-state index in [1.165, 1.54) is 0 Å². The van der Waals surface area contributed by atoms with Gasteiger partial charge in [0.2, 0.25) is 17.6 Å². The van der Waals surface area contributed by atoms with E-state index in [2.05, 4.69) is 36.3 Å². The van der Waals surface area contributed by atoms with Crippen LogP contribution >= 0.6 is 11.9 Å². The van der Waals surface area contributed by atoms with E-state index in [4.69, 9.17) is 4.74 Å². The summed E-state index contributed by atoms with van der Waals surface area (Å²) in [5, 5.41) is 13.4. The highest BCUT2D eigenvalue weighted by Gasteiger charge is 2.32.